The van der Waals surface area contributed by atoms with Crippen molar-refractivity contribution in [2.24, 2.45) is 12.8 Å². The van der Waals surface area contributed by atoms with Crippen LogP contribution >= 0.6 is 0 Å². The van der Waals surface area contributed by atoms with Gasteiger partial charge in [-0.3, -0.25) is 0 Å². The molecule has 0 saturated heterocycles. The van der Waals surface area contributed by atoms with Crippen molar-refractivity contribution in [3.05, 3.63) is 17.2 Å². The molecule has 1 heterocycles. The highest BCUT2D eigenvalue weighted by Gasteiger charge is 2.12. The van der Waals surface area contributed by atoms with Crippen LogP contribution in [0.4, 0.5) is 0 Å². The predicted molar refractivity (Wildman–Crippen MR) is 54.8 cm³/mol. The normalized spacial score (nSPS) is 11.2. The largest absolute Gasteiger partial charge is 0.335 e. The zero-order valence-electron chi connectivity index (χ0n) is 8.96. The van der Waals surface area contributed by atoms with Crippen LogP contribution < -0.4 is 5.73 Å². The van der Waals surface area contributed by atoms with Gasteiger partial charge in [-0.1, -0.05) is 13.8 Å². The Morgan fingerprint density at radius 1 is 1.46 bits per heavy atom. The van der Waals surface area contributed by atoms with E-state index in [1.165, 1.54) is 5.69 Å². The third-order valence-electron chi connectivity index (χ3n) is 2.33. The van der Waals surface area contributed by atoms with Crippen molar-refractivity contribution < 1.29 is 0 Å². The van der Waals surface area contributed by atoms with E-state index >= 15 is 0 Å². The Kier molecular flexibility index (Phi) is 3.09. The van der Waals surface area contributed by atoms with Crippen LogP contribution in [0.5, 0.6) is 0 Å². The first-order valence-corrected chi connectivity index (χ1v) is 4.80. The van der Waals surface area contributed by atoms with E-state index in [9.17, 15) is 0 Å². The number of imidazole rings is 1. The lowest BCUT2D eigenvalue weighted by Crippen LogP contribution is -2.09. The first kappa shape index (κ1) is 10.3. The molecule has 0 spiro atoms. The Labute approximate surface area is 80.0 Å². The Morgan fingerprint density at radius 2 is 2.08 bits per heavy atom. The van der Waals surface area contributed by atoms with E-state index in [1.54, 1.807) is 0 Å². The van der Waals surface area contributed by atoms with Crippen molar-refractivity contribution in [1.82, 2.24) is 9.55 Å². The highest BCUT2D eigenvalue weighted by atomic mass is 15.1. The van der Waals surface area contributed by atoms with Crippen molar-refractivity contribution in [1.29, 1.82) is 0 Å². The molecule has 0 aliphatic heterocycles. The SMILES string of the molecule is Cc1nc(CCN)n(C)c1C(C)C. The molecule has 1 aromatic heterocycles. The Balaban J connectivity index is 3.07. The van der Waals surface area contributed by atoms with Crippen LogP contribution in [0.1, 0.15) is 37.0 Å². The molecule has 0 aliphatic rings. The van der Waals surface area contributed by atoms with Gasteiger partial charge in [-0.25, -0.2) is 4.98 Å². The molecule has 0 radical (unpaired) electrons. The van der Waals surface area contributed by atoms with Gasteiger partial charge in [0.25, 0.3) is 0 Å². The zero-order valence-corrected chi connectivity index (χ0v) is 8.96. The summed E-state index contributed by atoms with van der Waals surface area (Å²) in [6.07, 6.45) is 0.865. The molecule has 74 valence electrons. The van der Waals surface area contributed by atoms with E-state index in [0.717, 1.165) is 17.9 Å². The number of nitrogens with two attached hydrogens (primary N) is 1. The van der Waals surface area contributed by atoms with Gasteiger partial charge in [-0.15, -0.1) is 0 Å². The summed E-state index contributed by atoms with van der Waals surface area (Å²) in [5, 5.41) is 0. The van der Waals surface area contributed by atoms with Crippen molar-refractivity contribution in [2.75, 3.05) is 6.54 Å². The molecule has 0 unspecified atom stereocenters. The van der Waals surface area contributed by atoms with E-state index in [0.29, 0.717) is 12.5 Å². The molecular formula is C10H19N3. The quantitative estimate of drug-likeness (QED) is 0.765. The number of aryl methyl sites for hydroxylation is 1. The molecule has 0 atom stereocenters. The molecule has 1 aromatic rings. The number of nitrogens with zero attached hydrogens (tertiary/aromatic N) is 2. The van der Waals surface area contributed by atoms with E-state index in [4.69, 9.17) is 5.73 Å². The van der Waals surface area contributed by atoms with Gasteiger partial charge in [0.2, 0.25) is 0 Å². The Hall–Kier alpha value is -0.830. The molecule has 0 saturated carbocycles. The van der Waals surface area contributed by atoms with E-state index in [2.05, 4.69) is 37.4 Å². The number of rotatable bonds is 3. The van der Waals surface area contributed by atoms with Gasteiger partial charge in [0.1, 0.15) is 5.82 Å². The summed E-state index contributed by atoms with van der Waals surface area (Å²) in [6.45, 7) is 7.11. The Bertz CT molecular complexity index is 287. The fourth-order valence-electron chi connectivity index (χ4n) is 1.87. The molecule has 2 N–H and O–H groups in total. The fraction of sp³-hybridized carbons (Fsp3) is 0.700. The van der Waals surface area contributed by atoms with Gasteiger partial charge in [-0.05, 0) is 19.4 Å². The average Bonchev–Trinajstić information content (AvgIpc) is 2.28. The molecule has 13 heavy (non-hydrogen) atoms. The van der Waals surface area contributed by atoms with Crippen LogP contribution in [0, 0.1) is 6.92 Å². The van der Waals surface area contributed by atoms with Gasteiger partial charge >= 0.3 is 0 Å². The van der Waals surface area contributed by atoms with Gasteiger partial charge in [0.05, 0.1) is 5.69 Å². The summed E-state index contributed by atoms with van der Waals surface area (Å²) in [6, 6.07) is 0. The molecule has 1 rings (SSSR count). The summed E-state index contributed by atoms with van der Waals surface area (Å²) < 4.78 is 2.17. The molecule has 3 nitrogen and oxygen atoms in total. The Morgan fingerprint density at radius 3 is 2.46 bits per heavy atom. The molecule has 0 bridgehead atoms. The first-order valence-electron chi connectivity index (χ1n) is 4.80. The summed E-state index contributed by atoms with van der Waals surface area (Å²) in [5.41, 5.74) is 7.97. The molecular weight excluding hydrogens is 162 g/mol. The fourth-order valence-corrected chi connectivity index (χ4v) is 1.87. The average molecular weight is 181 g/mol. The van der Waals surface area contributed by atoms with Crippen LogP contribution in [0.15, 0.2) is 0 Å². The number of hydrogen-bond acceptors (Lipinski definition) is 2. The topological polar surface area (TPSA) is 43.8 Å². The minimum atomic E-state index is 0.532. The second kappa shape index (κ2) is 3.92. The first-order chi connectivity index (χ1) is 6.07. The van der Waals surface area contributed by atoms with Crippen LogP contribution in [0.2, 0.25) is 0 Å². The van der Waals surface area contributed by atoms with Gasteiger partial charge in [-0.2, -0.15) is 0 Å². The lowest BCUT2D eigenvalue weighted by molar-refractivity contribution is 0.697. The van der Waals surface area contributed by atoms with Crippen LogP contribution in [0.3, 0.4) is 0 Å². The van der Waals surface area contributed by atoms with Gasteiger partial charge < -0.3 is 10.3 Å². The lowest BCUT2D eigenvalue weighted by Gasteiger charge is -2.08. The van der Waals surface area contributed by atoms with Crippen molar-refractivity contribution >= 4 is 0 Å². The van der Waals surface area contributed by atoms with Gasteiger partial charge in [0.15, 0.2) is 0 Å². The maximum Gasteiger partial charge on any atom is 0.110 e. The van der Waals surface area contributed by atoms with E-state index in [-0.39, 0.29) is 0 Å². The highest BCUT2D eigenvalue weighted by molar-refractivity contribution is 5.19. The van der Waals surface area contributed by atoms with Crippen molar-refractivity contribution in [3.8, 4) is 0 Å². The molecule has 0 fully saturated rings. The number of aromatic nitrogens is 2. The minimum absolute atomic E-state index is 0.532. The maximum absolute atomic E-state index is 5.51. The summed E-state index contributed by atoms with van der Waals surface area (Å²) in [5.74, 6) is 1.63. The van der Waals surface area contributed by atoms with Crippen molar-refractivity contribution in [3.63, 3.8) is 0 Å². The summed E-state index contributed by atoms with van der Waals surface area (Å²) in [4.78, 5) is 4.50. The zero-order chi connectivity index (χ0) is 10.0. The summed E-state index contributed by atoms with van der Waals surface area (Å²) >= 11 is 0. The third kappa shape index (κ3) is 1.91. The van der Waals surface area contributed by atoms with Crippen molar-refractivity contribution in [2.45, 2.75) is 33.1 Å². The highest BCUT2D eigenvalue weighted by Crippen LogP contribution is 2.19. The molecule has 0 aliphatic carbocycles. The monoisotopic (exact) mass is 181 g/mol. The van der Waals surface area contributed by atoms with Crippen LogP contribution in [0.25, 0.3) is 0 Å². The number of hydrogen-bond donors (Lipinski definition) is 1. The van der Waals surface area contributed by atoms with E-state index < -0.39 is 0 Å². The molecule has 0 amide bonds. The third-order valence-corrected chi connectivity index (χ3v) is 2.33. The van der Waals surface area contributed by atoms with Crippen LogP contribution in [-0.2, 0) is 13.5 Å². The van der Waals surface area contributed by atoms with E-state index in [1.807, 2.05) is 0 Å². The molecule has 3 heteroatoms. The predicted octanol–water partition coefficient (Wildman–Crippen LogP) is 1.35. The van der Waals surface area contributed by atoms with Gasteiger partial charge in [0, 0.05) is 19.2 Å². The maximum atomic E-state index is 5.51. The summed E-state index contributed by atoms with van der Waals surface area (Å²) in [7, 11) is 2.07. The van der Waals surface area contributed by atoms with Crippen LogP contribution in [-0.4, -0.2) is 16.1 Å². The smallest absolute Gasteiger partial charge is 0.110 e. The lowest BCUT2D eigenvalue weighted by atomic mass is 10.1. The standard InChI is InChI=1S/C10H19N3/c1-7(2)10-8(3)12-9(5-6-11)13(10)4/h7H,5-6,11H2,1-4H3. The second-order valence-electron chi connectivity index (χ2n) is 3.75. The molecule has 0 aromatic carbocycles. The second-order valence-corrected chi connectivity index (χ2v) is 3.75. The minimum Gasteiger partial charge on any atom is -0.335 e.